The van der Waals surface area contributed by atoms with Gasteiger partial charge in [0.2, 0.25) is 5.91 Å². The molecule has 2 fully saturated rings. The van der Waals surface area contributed by atoms with Crippen LogP contribution in [0.2, 0.25) is 0 Å². The molecule has 2 aliphatic rings. The number of hydrogen-bond acceptors (Lipinski definition) is 6. The Hall–Kier alpha value is -2.43. The van der Waals surface area contributed by atoms with Crippen LogP contribution in [0.5, 0.6) is 0 Å². The van der Waals surface area contributed by atoms with Crippen LogP contribution in [-0.4, -0.2) is 87.0 Å². The number of carbonyl (C=O) groups excluding carboxylic acids is 1. The topological polar surface area (TPSA) is 69.9 Å². The van der Waals surface area contributed by atoms with Gasteiger partial charge in [-0.05, 0) is 25.6 Å². The van der Waals surface area contributed by atoms with Gasteiger partial charge in [-0.2, -0.15) is 17.7 Å². The van der Waals surface area contributed by atoms with Crippen LogP contribution in [0.3, 0.4) is 0 Å². The summed E-state index contributed by atoms with van der Waals surface area (Å²) in [4.78, 5) is 17.1. The summed E-state index contributed by atoms with van der Waals surface area (Å²) in [6.07, 6.45) is -2.41. The molecule has 2 aromatic rings. The van der Waals surface area contributed by atoms with E-state index in [2.05, 4.69) is 15.3 Å². The Bertz CT molecular complexity index is 817. The van der Waals surface area contributed by atoms with Gasteiger partial charge in [-0.25, -0.2) is 0 Å². The minimum absolute atomic E-state index is 0.105. The van der Waals surface area contributed by atoms with Crippen LogP contribution in [-0.2, 0) is 4.79 Å². The SMILES string of the molecule is CN(C1CN(c2ccc3nncn3n2)C1)C1CCN(CC(F)(F)F)C1=O. The number of nitrogens with zero attached hydrogens (tertiary/aromatic N) is 7. The fourth-order valence-corrected chi connectivity index (χ4v) is 3.52. The molecule has 11 heteroatoms. The normalized spacial score (nSPS) is 21.9. The van der Waals surface area contributed by atoms with Crippen LogP contribution < -0.4 is 4.90 Å². The van der Waals surface area contributed by atoms with E-state index in [0.29, 0.717) is 25.2 Å². The first kappa shape index (κ1) is 17.0. The molecule has 8 nitrogen and oxygen atoms in total. The van der Waals surface area contributed by atoms with Gasteiger partial charge in [0.15, 0.2) is 5.65 Å². The lowest BCUT2D eigenvalue weighted by atomic mass is 10.0. The molecule has 2 saturated heterocycles. The second kappa shape index (κ2) is 6.08. The van der Waals surface area contributed by atoms with E-state index in [0.717, 1.165) is 10.7 Å². The van der Waals surface area contributed by atoms with E-state index in [-0.39, 0.29) is 12.6 Å². The summed E-state index contributed by atoms with van der Waals surface area (Å²) in [5.74, 6) is 0.339. The zero-order chi connectivity index (χ0) is 18.5. The van der Waals surface area contributed by atoms with Gasteiger partial charge < -0.3 is 9.80 Å². The Morgan fingerprint density at radius 1 is 1.31 bits per heavy atom. The predicted molar refractivity (Wildman–Crippen MR) is 85.6 cm³/mol. The van der Waals surface area contributed by atoms with Crippen molar-refractivity contribution in [1.29, 1.82) is 0 Å². The lowest BCUT2D eigenvalue weighted by Crippen LogP contribution is -2.62. The molecule has 4 rings (SSSR count). The van der Waals surface area contributed by atoms with Gasteiger partial charge in [-0.1, -0.05) is 0 Å². The largest absolute Gasteiger partial charge is 0.406 e. The maximum absolute atomic E-state index is 12.5. The van der Waals surface area contributed by atoms with Crippen LogP contribution in [0.25, 0.3) is 5.65 Å². The molecular formula is C15H18F3N7O. The molecule has 1 atom stereocenters. The van der Waals surface area contributed by atoms with Crippen molar-refractivity contribution in [3.05, 3.63) is 18.5 Å². The van der Waals surface area contributed by atoms with Gasteiger partial charge in [-0.3, -0.25) is 9.69 Å². The highest BCUT2D eigenvalue weighted by Crippen LogP contribution is 2.27. The number of amides is 1. The molecule has 4 heterocycles. The molecule has 0 radical (unpaired) electrons. The molecular weight excluding hydrogens is 351 g/mol. The minimum Gasteiger partial charge on any atom is -0.352 e. The zero-order valence-corrected chi connectivity index (χ0v) is 14.1. The molecule has 26 heavy (non-hydrogen) atoms. The van der Waals surface area contributed by atoms with E-state index in [1.165, 1.54) is 6.33 Å². The number of halogens is 3. The summed E-state index contributed by atoms with van der Waals surface area (Å²) >= 11 is 0. The van der Waals surface area contributed by atoms with Gasteiger partial charge in [0.1, 0.15) is 18.7 Å². The number of fused-ring (bicyclic) bond motifs is 1. The van der Waals surface area contributed by atoms with E-state index < -0.39 is 24.7 Å². The summed E-state index contributed by atoms with van der Waals surface area (Å²) in [5.41, 5.74) is 0.657. The number of likely N-dealkylation sites (tertiary alicyclic amines) is 1. The monoisotopic (exact) mass is 369 g/mol. The van der Waals surface area contributed by atoms with E-state index in [1.807, 2.05) is 21.9 Å². The van der Waals surface area contributed by atoms with Crippen molar-refractivity contribution in [1.82, 2.24) is 29.6 Å². The number of carbonyl (C=O) groups is 1. The van der Waals surface area contributed by atoms with Gasteiger partial charge in [0, 0.05) is 25.7 Å². The van der Waals surface area contributed by atoms with Crippen molar-refractivity contribution in [2.75, 3.05) is 38.1 Å². The fourth-order valence-electron chi connectivity index (χ4n) is 3.52. The molecule has 140 valence electrons. The first-order chi connectivity index (χ1) is 12.3. The third kappa shape index (κ3) is 3.06. The van der Waals surface area contributed by atoms with E-state index in [9.17, 15) is 18.0 Å². The average molecular weight is 369 g/mol. The number of anilines is 1. The second-order valence-electron chi connectivity index (χ2n) is 6.73. The van der Waals surface area contributed by atoms with Crippen molar-refractivity contribution >= 4 is 17.4 Å². The molecule has 1 unspecified atom stereocenters. The van der Waals surface area contributed by atoms with Crippen LogP contribution in [0.15, 0.2) is 18.5 Å². The van der Waals surface area contributed by atoms with Crippen molar-refractivity contribution in [2.45, 2.75) is 24.7 Å². The Morgan fingerprint density at radius 3 is 2.81 bits per heavy atom. The molecule has 1 amide bonds. The van der Waals surface area contributed by atoms with Crippen molar-refractivity contribution in [3.63, 3.8) is 0 Å². The van der Waals surface area contributed by atoms with Crippen LogP contribution in [0, 0.1) is 0 Å². The average Bonchev–Trinajstić information content (AvgIpc) is 3.11. The van der Waals surface area contributed by atoms with Gasteiger partial charge in [0.25, 0.3) is 0 Å². The quantitative estimate of drug-likeness (QED) is 0.778. The van der Waals surface area contributed by atoms with Crippen molar-refractivity contribution in [2.24, 2.45) is 0 Å². The molecule has 0 spiro atoms. The van der Waals surface area contributed by atoms with Crippen LogP contribution in [0.1, 0.15) is 6.42 Å². The lowest BCUT2D eigenvalue weighted by Gasteiger charge is -2.46. The lowest BCUT2D eigenvalue weighted by molar-refractivity contribution is -0.159. The number of rotatable bonds is 4. The zero-order valence-electron chi connectivity index (χ0n) is 14.1. The summed E-state index contributed by atoms with van der Waals surface area (Å²) in [6, 6.07) is 3.29. The third-order valence-electron chi connectivity index (χ3n) is 5.04. The Kier molecular flexibility index (Phi) is 3.98. The standard InChI is InChI=1S/C15H18F3N7O/c1-22(11-4-5-23(14(11)26)8-15(16,17)18)10-6-24(7-10)13-3-2-12-20-19-9-25(12)21-13/h2-3,9-11H,4-8H2,1H3. The Morgan fingerprint density at radius 2 is 2.08 bits per heavy atom. The highest BCUT2D eigenvalue weighted by Gasteiger charge is 2.44. The summed E-state index contributed by atoms with van der Waals surface area (Å²) in [6.45, 7) is 0.311. The predicted octanol–water partition coefficient (Wildman–Crippen LogP) is 0.408. The molecule has 2 aromatic heterocycles. The highest BCUT2D eigenvalue weighted by atomic mass is 19.4. The summed E-state index contributed by atoms with van der Waals surface area (Å²) in [7, 11) is 1.80. The van der Waals surface area contributed by atoms with Crippen LogP contribution >= 0.6 is 0 Å². The molecule has 0 aliphatic carbocycles. The van der Waals surface area contributed by atoms with Gasteiger partial charge in [0.05, 0.1) is 6.04 Å². The second-order valence-corrected chi connectivity index (χ2v) is 6.73. The van der Waals surface area contributed by atoms with Gasteiger partial charge >= 0.3 is 6.18 Å². The van der Waals surface area contributed by atoms with E-state index in [1.54, 1.807) is 11.6 Å². The van der Waals surface area contributed by atoms with Crippen LogP contribution in [0.4, 0.5) is 19.0 Å². The fraction of sp³-hybridized carbons (Fsp3) is 0.600. The molecule has 0 aromatic carbocycles. The molecule has 2 aliphatic heterocycles. The summed E-state index contributed by atoms with van der Waals surface area (Å²) < 4.78 is 39.2. The van der Waals surface area contributed by atoms with Crippen molar-refractivity contribution < 1.29 is 18.0 Å². The minimum atomic E-state index is -4.36. The maximum atomic E-state index is 12.5. The first-order valence-electron chi connectivity index (χ1n) is 8.31. The number of aromatic nitrogens is 4. The molecule has 0 bridgehead atoms. The molecule has 0 N–H and O–H groups in total. The highest BCUT2D eigenvalue weighted by molar-refractivity contribution is 5.84. The van der Waals surface area contributed by atoms with E-state index >= 15 is 0 Å². The summed E-state index contributed by atoms with van der Waals surface area (Å²) in [5, 5.41) is 12.1. The maximum Gasteiger partial charge on any atom is 0.406 e. The number of hydrogen-bond donors (Lipinski definition) is 0. The Balaban J connectivity index is 1.36. The number of alkyl halides is 3. The van der Waals surface area contributed by atoms with E-state index in [4.69, 9.17) is 0 Å². The number of likely N-dealkylation sites (N-methyl/N-ethyl adjacent to an activating group) is 1. The third-order valence-corrected chi connectivity index (χ3v) is 5.04. The molecule has 0 saturated carbocycles. The Labute approximate surface area is 147 Å². The first-order valence-corrected chi connectivity index (χ1v) is 8.31. The smallest absolute Gasteiger partial charge is 0.352 e. The van der Waals surface area contributed by atoms with Crippen molar-refractivity contribution in [3.8, 4) is 0 Å². The van der Waals surface area contributed by atoms with Gasteiger partial charge in [-0.15, -0.1) is 15.3 Å².